The zero-order valence-corrected chi connectivity index (χ0v) is 14.5. The Morgan fingerprint density at radius 3 is 2.58 bits per heavy atom. The highest BCUT2D eigenvalue weighted by Crippen LogP contribution is 2.46. The van der Waals surface area contributed by atoms with Gasteiger partial charge >= 0.3 is 0 Å². The number of carbonyl (C=O) groups is 2. The predicted octanol–water partition coefficient (Wildman–Crippen LogP) is 3.03. The maximum atomic E-state index is 13.4. The minimum Gasteiger partial charge on any atom is -0.352 e. The van der Waals surface area contributed by atoms with Gasteiger partial charge in [0, 0.05) is 17.6 Å². The van der Waals surface area contributed by atoms with Gasteiger partial charge in [-0.15, -0.1) is 0 Å². The van der Waals surface area contributed by atoms with Crippen molar-refractivity contribution in [2.24, 2.45) is 0 Å². The highest BCUT2D eigenvalue weighted by molar-refractivity contribution is 6.30. The van der Waals surface area contributed by atoms with E-state index in [9.17, 15) is 9.59 Å². The first kappa shape index (κ1) is 15.9. The summed E-state index contributed by atoms with van der Waals surface area (Å²) in [6.07, 6.45) is 6.55. The van der Waals surface area contributed by atoms with E-state index in [1.54, 1.807) is 0 Å². The van der Waals surface area contributed by atoms with Gasteiger partial charge in [-0.05, 0) is 56.2 Å². The fourth-order valence-corrected chi connectivity index (χ4v) is 4.22. The Bertz CT molecular complexity index is 667. The summed E-state index contributed by atoms with van der Waals surface area (Å²) >= 11 is 6.15. The van der Waals surface area contributed by atoms with Crippen LogP contribution in [0, 0.1) is 0 Å². The molecule has 0 radical (unpaired) electrons. The van der Waals surface area contributed by atoms with E-state index in [1.807, 2.05) is 29.2 Å². The Morgan fingerprint density at radius 2 is 1.96 bits per heavy atom. The number of halogens is 1. The number of nitrogens with one attached hydrogen (secondary N) is 1. The molecule has 128 valence electrons. The summed E-state index contributed by atoms with van der Waals surface area (Å²) in [4.78, 5) is 27.7. The van der Waals surface area contributed by atoms with Crippen LogP contribution in [0.15, 0.2) is 24.3 Å². The van der Waals surface area contributed by atoms with Crippen LogP contribution in [0.3, 0.4) is 0 Å². The number of likely N-dealkylation sites (tertiary alicyclic amines) is 1. The molecule has 0 aromatic heterocycles. The van der Waals surface area contributed by atoms with E-state index in [1.165, 1.54) is 0 Å². The number of rotatable bonds is 4. The van der Waals surface area contributed by atoms with Crippen LogP contribution in [0.2, 0.25) is 5.02 Å². The molecule has 1 N–H and O–H groups in total. The molecule has 0 unspecified atom stereocenters. The van der Waals surface area contributed by atoms with Crippen molar-refractivity contribution >= 4 is 23.4 Å². The average molecular weight is 347 g/mol. The molecule has 2 aliphatic carbocycles. The van der Waals surface area contributed by atoms with Gasteiger partial charge in [0.1, 0.15) is 6.04 Å². The van der Waals surface area contributed by atoms with Crippen molar-refractivity contribution in [2.75, 3.05) is 6.54 Å². The minimum absolute atomic E-state index is 0.0314. The van der Waals surface area contributed by atoms with Gasteiger partial charge in [0.05, 0.1) is 5.41 Å². The third-order valence-electron chi connectivity index (χ3n) is 5.73. The lowest BCUT2D eigenvalue weighted by molar-refractivity contribution is -0.146. The van der Waals surface area contributed by atoms with Gasteiger partial charge < -0.3 is 10.2 Å². The van der Waals surface area contributed by atoms with Gasteiger partial charge in [-0.25, -0.2) is 0 Å². The van der Waals surface area contributed by atoms with E-state index in [-0.39, 0.29) is 17.9 Å². The van der Waals surface area contributed by atoms with Crippen LogP contribution in [0.4, 0.5) is 0 Å². The van der Waals surface area contributed by atoms with Crippen LogP contribution in [-0.2, 0) is 15.0 Å². The van der Waals surface area contributed by atoms with E-state index in [0.717, 1.165) is 50.5 Å². The first-order valence-corrected chi connectivity index (χ1v) is 9.35. The van der Waals surface area contributed by atoms with E-state index >= 15 is 0 Å². The number of carbonyl (C=O) groups excluding carboxylic acids is 2. The topological polar surface area (TPSA) is 49.4 Å². The second-order valence-electron chi connectivity index (χ2n) is 7.39. The maximum Gasteiger partial charge on any atom is 0.243 e. The molecule has 1 saturated heterocycles. The van der Waals surface area contributed by atoms with Crippen molar-refractivity contribution in [3.8, 4) is 0 Å². The van der Waals surface area contributed by atoms with E-state index in [2.05, 4.69) is 5.32 Å². The second kappa shape index (κ2) is 6.07. The fourth-order valence-electron chi connectivity index (χ4n) is 4.02. The van der Waals surface area contributed by atoms with Crippen LogP contribution < -0.4 is 5.32 Å². The largest absolute Gasteiger partial charge is 0.352 e. The van der Waals surface area contributed by atoms with Crippen LogP contribution in [0.5, 0.6) is 0 Å². The summed E-state index contributed by atoms with van der Waals surface area (Å²) in [6, 6.07) is 7.69. The Labute approximate surface area is 147 Å². The first-order chi connectivity index (χ1) is 11.6. The molecule has 1 aromatic carbocycles. The Balaban J connectivity index is 1.57. The minimum atomic E-state index is -0.479. The lowest BCUT2D eigenvalue weighted by atomic mass is 9.63. The van der Waals surface area contributed by atoms with Crippen molar-refractivity contribution in [1.29, 1.82) is 0 Å². The molecule has 2 amide bonds. The number of benzene rings is 1. The van der Waals surface area contributed by atoms with Crippen LogP contribution in [-0.4, -0.2) is 35.3 Å². The van der Waals surface area contributed by atoms with E-state index in [4.69, 9.17) is 11.6 Å². The smallest absolute Gasteiger partial charge is 0.243 e. The lowest BCUT2D eigenvalue weighted by Gasteiger charge is -2.44. The highest BCUT2D eigenvalue weighted by Gasteiger charge is 2.50. The number of amides is 2. The molecule has 3 fully saturated rings. The van der Waals surface area contributed by atoms with Crippen LogP contribution >= 0.6 is 11.6 Å². The third-order valence-corrected chi connectivity index (χ3v) is 5.97. The molecule has 1 aliphatic heterocycles. The molecule has 24 heavy (non-hydrogen) atoms. The molecular weight excluding hydrogens is 324 g/mol. The molecule has 0 bridgehead atoms. The molecule has 3 aliphatic rings. The SMILES string of the molecule is O=C(NC1CC1)[C@@H]1CCCN1C(=O)C1(c2cccc(Cl)c2)CCC1. The summed E-state index contributed by atoms with van der Waals surface area (Å²) in [5, 5.41) is 3.73. The fraction of sp³-hybridized carbons (Fsp3) is 0.579. The average Bonchev–Trinajstić information content (AvgIpc) is 3.18. The molecule has 2 saturated carbocycles. The predicted molar refractivity (Wildman–Crippen MR) is 92.9 cm³/mol. The van der Waals surface area contributed by atoms with Crippen molar-refractivity contribution in [2.45, 2.75) is 62.4 Å². The molecule has 1 atom stereocenters. The number of nitrogens with zero attached hydrogens (tertiary/aromatic N) is 1. The molecule has 1 aromatic rings. The normalized spacial score (nSPS) is 25.2. The van der Waals surface area contributed by atoms with Gasteiger partial charge in [0.25, 0.3) is 0 Å². The van der Waals surface area contributed by atoms with Gasteiger partial charge in [0.2, 0.25) is 11.8 Å². The van der Waals surface area contributed by atoms with Crippen molar-refractivity contribution in [1.82, 2.24) is 10.2 Å². The van der Waals surface area contributed by atoms with Gasteiger partial charge in [-0.3, -0.25) is 9.59 Å². The van der Waals surface area contributed by atoms with Crippen molar-refractivity contribution < 1.29 is 9.59 Å². The molecule has 5 heteroatoms. The third kappa shape index (κ3) is 2.71. The summed E-state index contributed by atoms with van der Waals surface area (Å²) in [7, 11) is 0. The number of hydrogen-bond acceptors (Lipinski definition) is 2. The molecule has 1 heterocycles. The van der Waals surface area contributed by atoms with Crippen molar-refractivity contribution in [3.63, 3.8) is 0 Å². The molecular formula is C19H23ClN2O2. The zero-order valence-electron chi connectivity index (χ0n) is 13.8. The summed E-state index contributed by atoms with van der Waals surface area (Å²) in [5.41, 5.74) is 0.521. The van der Waals surface area contributed by atoms with E-state index < -0.39 is 5.41 Å². The van der Waals surface area contributed by atoms with Crippen LogP contribution in [0.1, 0.15) is 50.5 Å². The standard InChI is InChI=1S/C19H23ClN2O2/c20-14-5-1-4-13(12-14)19(9-3-10-19)18(24)22-11-2-6-16(22)17(23)21-15-7-8-15/h1,4-5,12,15-16H,2-3,6-11H2,(H,21,23)/t16-/m0/s1. The Morgan fingerprint density at radius 1 is 1.17 bits per heavy atom. The number of hydrogen-bond donors (Lipinski definition) is 1. The summed E-state index contributed by atoms with van der Waals surface area (Å²) < 4.78 is 0. The van der Waals surface area contributed by atoms with Gasteiger partial charge in [0.15, 0.2) is 0 Å². The van der Waals surface area contributed by atoms with Gasteiger partial charge in [-0.1, -0.05) is 30.2 Å². The van der Waals surface area contributed by atoms with Crippen LogP contribution in [0.25, 0.3) is 0 Å². The second-order valence-corrected chi connectivity index (χ2v) is 7.82. The first-order valence-electron chi connectivity index (χ1n) is 8.98. The Hall–Kier alpha value is -1.55. The molecule has 4 nitrogen and oxygen atoms in total. The quantitative estimate of drug-likeness (QED) is 0.911. The summed E-state index contributed by atoms with van der Waals surface area (Å²) in [6.45, 7) is 0.684. The highest BCUT2D eigenvalue weighted by atomic mass is 35.5. The zero-order chi connectivity index (χ0) is 16.7. The monoisotopic (exact) mass is 346 g/mol. The molecule has 4 rings (SSSR count). The van der Waals surface area contributed by atoms with Crippen molar-refractivity contribution in [3.05, 3.63) is 34.9 Å². The maximum absolute atomic E-state index is 13.4. The van der Waals surface area contributed by atoms with E-state index in [0.29, 0.717) is 17.6 Å². The molecule has 0 spiro atoms. The lowest BCUT2D eigenvalue weighted by Crippen LogP contribution is -2.55. The Kier molecular flexibility index (Phi) is 4.03. The van der Waals surface area contributed by atoms with Gasteiger partial charge in [-0.2, -0.15) is 0 Å². The summed E-state index contributed by atoms with van der Waals surface area (Å²) in [5.74, 6) is 0.147.